The maximum atomic E-state index is 8.75. The first-order valence-electron chi connectivity index (χ1n) is 5.86. The molecule has 2 aromatic rings. The molecule has 0 radical (unpaired) electrons. The molecule has 1 N–H and O–H groups in total. The lowest BCUT2D eigenvalue weighted by Crippen LogP contribution is -2.05. The molecule has 0 fully saturated rings. The summed E-state index contributed by atoms with van der Waals surface area (Å²) in [5.41, 5.74) is 0.981. The third-order valence-electron chi connectivity index (χ3n) is 2.61. The first-order valence-corrected chi connectivity index (χ1v) is 5.86. The highest BCUT2D eigenvalue weighted by molar-refractivity contribution is 5.22. The van der Waals surface area contributed by atoms with Crippen LogP contribution >= 0.6 is 0 Å². The number of rotatable bonds is 6. The van der Waals surface area contributed by atoms with Crippen molar-refractivity contribution in [2.75, 3.05) is 13.7 Å². The zero-order valence-electron chi connectivity index (χ0n) is 10.2. The summed E-state index contributed by atoms with van der Waals surface area (Å²) >= 11 is 0. The van der Waals surface area contributed by atoms with Gasteiger partial charge in [-0.1, -0.05) is 35.5 Å². The van der Waals surface area contributed by atoms with Gasteiger partial charge < -0.3 is 14.4 Å². The number of nitrogens with zero attached hydrogens (tertiary/aromatic N) is 2. The van der Waals surface area contributed by atoms with Crippen LogP contribution in [0.3, 0.4) is 0 Å². The van der Waals surface area contributed by atoms with E-state index in [-0.39, 0.29) is 12.7 Å². The molecule has 5 nitrogen and oxygen atoms in total. The molecule has 96 valence electrons. The molecule has 0 aliphatic rings. The summed E-state index contributed by atoms with van der Waals surface area (Å²) in [5, 5.41) is 12.7. The molecule has 0 aliphatic heterocycles. The number of benzene rings is 1. The van der Waals surface area contributed by atoms with Crippen molar-refractivity contribution in [2.24, 2.45) is 0 Å². The van der Waals surface area contributed by atoms with Crippen LogP contribution in [0.5, 0.6) is 0 Å². The summed E-state index contributed by atoms with van der Waals surface area (Å²) in [4.78, 5) is 4.28. The van der Waals surface area contributed by atoms with Gasteiger partial charge in [0.05, 0.1) is 0 Å². The van der Waals surface area contributed by atoms with Crippen molar-refractivity contribution in [1.82, 2.24) is 10.1 Å². The van der Waals surface area contributed by atoms with Gasteiger partial charge in [-0.2, -0.15) is 4.98 Å². The average Bonchev–Trinajstić information content (AvgIpc) is 2.87. The van der Waals surface area contributed by atoms with Gasteiger partial charge in [-0.05, 0) is 12.0 Å². The Labute approximate surface area is 105 Å². The summed E-state index contributed by atoms with van der Waals surface area (Å²) in [5.74, 6) is 1.04. The normalized spacial score (nSPS) is 12.6. The minimum atomic E-state index is -0.321. The highest BCUT2D eigenvalue weighted by Gasteiger charge is 2.19. The van der Waals surface area contributed by atoms with E-state index in [9.17, 15) is 0 Å². The Morgan fingerprint density at radius 1 is 1.33 bits per heavy atom. The number of aliphatic hydroxyl groups is 1. The van der Waals surface area contributed by atoms with Gasteiger partial charge in [-0.15, -0.1) is 0 Å². The molecular weight excluding hydrogens is 232 g/mol. The predicted molar refractivity (Wildman–Crippen MR) is 65.0 cm³/mol. The van der Waals surface area contributed by atoms with Crippen molar-refractivity contribution in [3.63, 3.8) is 0 Å². The molecule has 1 aromatic carbocycles. The van der Waals surface area contributed by atoms with E-state index in [2.05, 4.69) is 10.1 Å². The quantitative estimate of drug-likeness (QED) is 0.843. The highest BCUT2D eigenvalue weighted by Crippen LogP contribution is 2.22. The molecular formula is C13H16N2O3. The van der Waals surface area contributed by atoms with E-state index < -0.39 is 0 Å². The summed E-state index contributed by atoms with van der Waals surface area (Å²) in [6.45, 7) is 0.115. The second-order valence-corrected chi connectivity index (χ2v) is 3.90. The topological polar surface area (TPSA) is 68.4 Å². The van der Waals surface area contributed by atoms with Gasteiger partial charge in [0.2, 0.25) is 11.7 Å². The fraction of sp³-hybridized carbons (Fsp3) is 0.385. The lowest BCUT2D eigenvalue weighted by molar-refractivity contribution is 0.126. The van der Waals surface area contributed by atoms with Crippen molar-refractivity contribution >= 4 is 0 Å². The predicted octanol–water partition coefficient (Wildman–Crippen LogP) is 1.73. The second-order valence-electron chi connectivity index (χ2n) is 3.90. The molecule has 18 heavy (non-hydrogen) atoms. The van der Waals surface area contributed by atoms with Crippen LogP contribution in [-0.4, -0.2) is 29.0 Å². The fourth-order valence-electron chi connectivity index (χ4n) is 1.72. The van der Waals surface area contributed by atoms with Gasteiger partial charge in [0.25, 0.3) is 0 Å². The van der Waals surface area contributed by atoms with Crippen molar-refractivity contribution < 1.29 is 14.4 Å². The van der Waals surface area contributed by atoms with E-state index in [0.29, 0.717) is 24.6 Å². The largest absolute Gasteiger partial charge is 0.396 e. The van der Waals surface area contributed by atoms with Gasteiger partial charge in [-0.25, -0.2) is 0 Å². The van der Waals surface area contributed by atoms with Crippen LogP contribution in [0.25, 0.3) is 0 Å². The molecule has 1 atom stereocenters. The third-order valence-corrected chi connectivity index (χ3v) is 2.61. The number of aryl methyl sites for hydroxylation is 1. The third kappa shape index (κ3) is 2.94. The summed E-state index contributed by atoms with van der Waals surface area (Å²) in [6, 6.07) is 9.73. The zero-order chi connectivity index (χ0) is 12.8. The minimum Gasteiger partial charge on any atom is -0.396 e. The Hall–Kier alpha value is -1.72. The van der Waals surface area contributed by atoms with Crippen LogP contribution in [0.15, 0.2) is 34.9 Å². The maximum Gasteiger partial charge on any atom is 0.226 e. The van der Waals surface area contributed by atoms with Crippen molar-refractivity contribution in [2.45, 2.75) is 18.9 Å². The molecule has 1 heterocycles. The summed E-state index contributed by atoms with van der Waals surface area (Å²) in [7, 11) is 1.61. The first kappa shape index (κ1) is 12.7. The Kier molecular flexibility index (Phi) is 4.44. The van der Waals surface area contributed by atoms with Crippen molar-refractivity contribution in [3.05, 3.63) is 47.6 Å². The lowest BCUT2D eigenvalue weighted by Gasteiger charge is -2.10. The van der Waals surface area contributed by atoms with Gasteiger partial charge >= 0.3 is 0 Å². The molecule has 0 saturated heterocycles. The monoisotopic (exact) mass is 248 g/mol. The van der Waals surface area contributed by atoms with E-state index >= 15 is 0 Å². The molecule has 0 aliphatic carbocycles. The molecule has 0 saturated carbocycles. The van der Waals surface area contributed by atoms with E-state index in [1.165, 1.54) is 0 Å². The first-order chi connectivity index (χ1) is 8.85. The Morgan fingerprint density at radius 3 is 2.78 bits per heavy atom. The molecule has 0 bridgehead atoms. The van der Waals surface area contributed by atoms with Crippen LogP contribution in [0.4, 0.5) is 0 Å². The van der Waals surface area contributed by atoms with E-state index in [0.717, 1.165) is 5.56 Å². The maximum absolute atomic E-state index is 8.75. The van der Waals surface area contributed by atoms with Gasteiger partial charge in [0.1, 0.15) is 6.10 Å². The number of ether oxygens (including phenoxy) is 1. The highest BCUT2D eigenvalue weighted by atomic mass is 16.5. The van der Waals surface area contributed by atoms with Crippen molar-refractivity contribution in [1.29, 1.82) is 0 Å². The van der Waals surface area contributed by atoms with Crippen LogP contribution in [0.2, 0.25) is 0 Å². The number of hydrogen-bond donors (Lipinski definition) is 1. The zero-order valence-corrected chi connectivity index (χ0v) is 10.2. The standard InChI is InChI=1S/C13H16N2O3/c1-17-12(10-6-3-2-4-7-10)13-14-11(18-15-13)8-5-9-16/h2-4,6-7,12,16H,5,8-9H2,1H3. The van der Waals surface area contributed by atoms with Crippen LogP contribution in [0, 0.1) is 0 Å². The van der Waals surface area contributed by atoms with Gasteiger partial charge in [-0.3, -0.25) is 0 Å². The SMILES string of the molecule is COC(c1ccccc1)c1noc(CCCO)n1. The van der Waals surface area contributed by atoms with E-state index in [1.54, 1.807) is 7.11 Å². The Morgan fingerprint density at radius 2 is 2.11 bits per heavy atom. The number of aromatic nitrogens is 2. The van der Waals surface area contributed by atoms with Crippen LogP contribution in [0.1, 0.15) is 29.8 Å². The molecule has 1 unspecified atom stereocenters. The molecule has 1 aromatic heterocycles. The average molecular weight is 248 g/mol. The Bertz CT molecular complexity index is 470. The lowest BCUT2D eigenvalue weighted by atomic mass is 10.1. The van der Waals surface area contributed by atoms with E-state index in [1.807, 2.05) is 30.3 Å². The molecule has 2 rings (SSSR count). The van der Waals surface area contributed by atoms with Crippen LogP contribution < -0.4 is 0 Å². The fourth-order valence-corrected chi connectivity index (χ4v) is 1.72. The van der Waals surface area contributed by atoms with Crippen molar-refractivity contribution in [3.8, 4) is 0 Å². The number of aliphatic hydroxyl groups excluding tert-OH is 1. The van der Waals surface area contributed by atoms with Crippen LogP contribution in [-0.2, 0) is 11.2 Å². The van der Waals surface area contributed by atoms with E-state index in [4.69, 9.17) is 14.4 Å². The molecule has 0 spiro atoms. The summed E-state index contributed by atoms with van der Waals surface area (Å²) < 4.78 is 10.5. The Balaban J connectivity index is 2.15. The number of hydrogen-bond acceptors (Lipinski definition) is 5. The molecule has 5 heteroatoms. The number of methoxy groups -OCH3 is 1. The smallest absolute Gasteiger partial charge is 0.226 e. The van der Waals surface area contributed by atoms with Gasteiger partial charge in [0, 0.05) is 20.1 Å². The molecule has 0 amide bonds. The second kappa shape index (κ2) is 6.28. The van der Waals surface area contributed by atoms with Gasteiger partial charge in [0.15, 0.2) is 0 Å². The summed E-state index contributed by atoms with van der Waals surface area (Å²) in [6.07, 6.45) is 0.872. The minimum absolute atomic E-state index is 0.115.